The minimum absolute atomic E-state index is 0.347. The Kier molecular flexibility index (Phi) is 5.25. The van der Waals surface area contributed by atoms with Crippen LogP contribution in [0.3, 0.4) is 0 Å². The third-order valence-electron chi connectivity index (χ3n) is 5.81. The molecule has 0 aromatic heterocycles. The highest BCUT2D eigenvalue weighted by atomic mass is 31.2. The average molecular weight is 318 g/mol. The molecule has 4 unspecified atom stereocenters. The fourth-order valence-corrected chi connectivity index (χ4v) is 6.05. The maximum absolute atomic E-state index is 12.6. The summed E-state index contributed by atoms with van der Waals surface area (Å²) < 4.78 is 24.0. The van der Waals surface area contributed by atoms with Crippen molar-refractivity contribution in [2.45, 2.75) is 90.3 Å². The number of phosphoric ester groups is 1. The monoisotopic (exact) mass is 318 g/mol. The van der Waals surface area contributed by atoms with Crippen molar-refractivity contribution in [3.8, 4) is 0 Å². The third kappa shape index (κ3) is 3.72. The minimum atomic E-state index is -4.02. The van der Waals surface area contributed by atoms with Gasteiger partial charge in [-0.2, -0.15) is 0 Å². The van der Waals surface area contributed by atoms with Crippen LogP contribution in [-0.2, 0) is 13.6 Å². The summed E-state index contributed by atoms with van der Waals surface area (Å²) in [6.45, 7) is 8.17. The van der Waals surface area contributed by atoms with Crippen molar-refractivity contribution >= 4 is 7.82 Å². The predicted octanol–water partition coefficient (Wildman–Crippen LogP) is 5.06. The smallest absolute Gasteiger partial charge is 0.302 e. The van der Waals surface area contributed by atoms with Crippen LogP contribution in [0.15, 0.2) is 0 Å². The molecule has 2 saturated carbocycles. The molecular weight excluding hydrogens is 287 g/mol. The largest absolute Gasteiger partial charge is 0.473 e. The number of phosphoric acid groups is 1. The van der Waals surface area contributed by atoms with Crippen LogP contribution in [0.4, 0.5) is 0 Å². The van der Waals surface area contributed by atoms with E-state index in [1.807, 2.05) is 13.8 Å². The summed E-state index contributed by atoms with van der Waals surface area (Å²) in [6, 6.07) is 0. The second-order valence-electron chi connectivity index (χ2n) is 7.27. The van der Waals surface area contributed by atoms with Crippen LogP contribution in [0.25, 0.3) is 0 Å². The molecule has 124 valence electrons. The van der Waals surface area contributed by atoms with Gasteiger partial charge in [-0.15, -0.1) is 0 Å². The highest BCUT2D eigenvalue weighted by Gasteiger charge is 2.49. The quantitative estimate of drug-likeness (QED) is 0.696. The van der Waals surface area contributed by atoms with Crippen molar-refractivity contribution in [2.24, 2.45) is 11.8 Å². The van der Waals surface area contributed by atoms with Crippen LogP contribution < -0.4 is 0 Å². The van der Waals surface area contributed by atoms with Gasteiger partial charge in [-0.1, -0.05) is 39.5 Å². The zero-order chi connectivity index (χ0) is 15.7. The number of rotatable bonds is 6. The van der Waals surface area contributed by atoms with Gasteiger partial charge in [0.25, 0.3) is 0 Å². The van der Waals surface area contributed by atoms with Gasteiger partial charge in [0.15, 0.2) is 0 Å². The molecule has 2 fully saturated rings. The predicted molar refractivity (Wildman–Crippen MR) is 84.1 cm³/mol. The Morgan fingerprint density at radius 2 is 1.38 bits per heavy atom. The van der Waals surface area contributed by atoms with Gasteiger partial charge in [-0.25, -0.2) is 4.57 Å². The van der Waals surface area contributed by atoms with Crippen molar-refractivity contribution in [2.75, 3.05) is 0 Å². The van der Waals surface area contributed by atoms with Gasteiger partial charge < -0.3 is 4.89 Å². The van der Waals surface area contributed by atoms with Crippen LogP contribution in [0.1, 0.15) is 79.1 Å². The lowest BCUT2D eigenvalue weighted by molar-refractivity contribution is -0.0404. The first kappa shape index (κ1) is 17.5. The molecule has 0 bridgehead atoms. The summed E-state index contributed by atoms with van der Waals surface area (Å²) in [5.41, 5.74) is -1.04. The Bertz CT molecular complexity index is 379. The Hall–Kier alpha value is 0.110. The van der Waals surface area contributed by atoms with Gasteiger partial charge in [0.2, 0.25) is 0 Å². The van der Waals surface area contributed by atoms with Gasteiger partial charge >= 0.3 is 7.82 Å². The molecule has 0 amide bonds. The van der Waals surface area contributed by atoms with Crippen molar-refractivity contribution in [3.63, 3.8) is 0 Å². The molecule has 0 aromatic carbocycles. The van der Waals surface area contributed by atoms with E-state index >= 15 is 0 Å². The van der Waals surface area contributed by atoms with Gasteiger partial charge in [0.05, 0.1) is 11.2 Å². The number of hydrogen-bond acceptors (Lipinski definition) is 3. The first-order valence-corrected chi connectivity index (χ1v) is 9.98. The van der Waals surface area contributed by atoms with Crippen molar-refractivity contribution in [1.82, 2.24) is 0 Å². The van der Waals surface area contributed by atoms with E-state index in [-0.39, 0.29) is 0 Å². The van der Waals surface area contributed by atoms with E-state index in [1.165, 1.54) is 0 Å². The van der Waals surface area contributed by atoms with Crippen LogP contribution in [0.2, 0.25) is 0 Å². The van der Waals surface area contributed by atoms with Crippen molar-refractivity contribution in [3.05, 3.63) is 0 Å². The molecule has 2 rings (SSSR count). The van der Waals surface area contributed by atoms with E-state index < -0.39 is 19.0 Å². The molecule has 1 N–H and O–H groups in total. The second-order valence-corrected chi connectivity index (χ2v) is 8.57. The van der Waals surface area contributed by atoms with Crippen LogP contribution in [0, 0.1) is 11.8 Å². The Morgan fingerprint density at radius 3 is 1.71 bits per heavy atom. The summed E-state index contributed by atoms with van der Waals surface area (Å²) >= 11 is 0. The van der Waals surface area contributed by atoms with E-state index in [0.29, 0.717) is 11.8 Å². The highest BCUT2D eigenvalue weighted by Crippen LogP contribution is 2.58. The summed E-state index contributed by atoms with van der Waals surface area (Å²) in [4.78, 5) is 10.3. The third-order valence-corrected chi connectivity index (χ3v) is 7.11. The maximum atomic E-state index is 12.6. The molecule has 0 aromatic rings. The molecule has 0 aliphatic heterocycles. The molecule has 4 nitrogen and oxygen atoms in total. The lowest BCUT2D eigenvalue weighted by atomic mass is 9.91. The topological polar surface area (TPSA) is 55.8 Å². The Balaban J connectivity index is 2.06. The van der Waals surface area contributed by atoms with Crippen LogP contribution in [-0.4, -0.2) is 16.1 Å². The summed E-state index contributed by atoms with van der Waals surface area (Å²) in [7, 11) is -4.02. The highest BCUT2D eigenvalue weighted by molar-refractivity contribution is 7.47. The standard InChI is InChI=1S/C16H31O4P/c1-5-13-9-7-11-15(13,3)19-21(17,18)20-16(4)12-8-10-14(16)6-2/h13-14H,5-12H2,1-4H3,(H,17,18). The zero-order valence-corrected chi connectivity index (χ0v) is 14.8. The van der Waals surface area contributed by atoms with Crippen molar-refractivity contribution in [1.29, 1.82) is 0 Å². The Labute approximate surface area is 129 Å². The zero-order valence-electron chi connectivity index (χ0n) is 13.9. The van der Waals surface area contributed by atoms with Gasteiger partial charge in [0.1, 0.15) is 0 Å². The fraction of sp³-hybridized carbons (Fsp3) is 1.00. The van der Waals surface area contributed by atoms with Crippen LogP contribution >= 0.6 is 7.82 Å². The summed E-state index contributed by atoms with van der Waals surface area (Å²) in [6.07, 6.45) is 7.90. The van der Waals surface area contributed by atoms with Gasteiger partial charge in [0, 0.05) is 0 Å². The summed E-state index contributed by atoms with van der Waals surface area (Å²) in [5.74, 6) is 0.694. The van der Waals surface area contributed by atoms with E-state index in [4.69, 9.17) is 9.05 Å². The molecule has 5 heteroatoms. The van der Waals surface area contributed by atoms with E-state index in [0.717, 1.165) is 51.4 Å². The average Bonchev–Trinajstić information content (AvgIpc) is 2.90. The van der Waals surface area contributed by atoms with E-state index in [1.54, 1.807) is 0 Å². The maximum Gasteiger partial charge on any atom is 0.473 e. The first-order valence-electron chi connectivity index (χ1n) is 8.49. The molecule has 4 atom stereocenters. The van der Waals surface area contributed by atoms with Gasteiger partial charge in [-0.05, 0) is 51.4 Å². The van der Waals surface area contributed by atoms with Crippen LogP contribution in [0.5, 0.6) is 0 Å². The minimum Gasteiger partial charge on any atom is -0.302 e. The normalized spacial score (nSPS) is 43.1. The lowest BCUT2D eigenvalue weighted by Gasteiger charge is -2.37. The molecule has 2 aliphatic rings. The first-order chi connectivity index (χ1) is 9.75. The Morgan fingerprint density at radius 1 is 1.00 bits per heavy atom. The molecule has 0 spiro atoms. The summed E-state index contributed by atoms with van der Waals surface area (Å²) in [5, 5.41) is 0. The van der Waals surface area contributed by atoms with Crippen molar-refractivity contribution < 1.29 is 18.5 Å². The molecule has 2 aliphatic carbocycles. The SMILES string of the molecule is CCC1CCCC1(C)OP(=O)(O)OC1(C)CCCC1CC. The number of hydrogen-bond donors (Lipinski definition) is 1. The van der Waals surface area contributed by atoms with E-state index in [2.05, 4.69) is 13.8 Å². The molecule has 21 heavy (non-hydrogen) atoms. The second kappa shape index (κ2) is 6.31. The van der Waals surface area contributed by atoms with Gasteiger partial charge in [-0.3, -0.25) is 9.05 Å². The fourth-order valence-electron chi connectivity index (χ4n) is 4.48. The molecular formula is C16H31O4P. The lowest BCUT2D eigenvalue weighted by Crippen LogP contribution is -2.36. The molecule has 0 heterocycles. The molecule has 0 saturated heterocycles. The molecule has 0 radical (unpaired) electrons. The van der Waals surface area contributed by atoms with E-state index in [9.17, 15) is 9.46 Å².